The Hall–Kier alpha value is -2.82. The number of benzene rings is 3. The van der Waals surface area contributed by atoms with Crippen LogP contribution in [0.15, 0.2) is 78.9 Å². The first-order valence-electron chi connectivity index (χ1n) is 13.5. The number of ether oxygens (including phenoxy) is 3. The van der Waals surface area contributed by atoms with E-state index in [1.54, 1.807) is 0 Å². The first-order valence-corrected chi connectivity index (χ1v) is 13.5. The first kappa shape index (κ1) is 26.2. The van der Waals surface area contributed by atoms with E-state index < -0.39 is 5.60 Å². The molecule has 4 nitrogen and oxygen atoms in total. The number of rotatable bonds is 6. The number of hydrogen-bond acceptors (Lipinski definition) is 4. The number of aryl methyl sites for hydroxylation is 3. The largest absolute Gasteiger partial charge is 0.491 e. The summed E-state index contributed by atoms with van der Waals surface area (Å²) in [6, 6.07) is 27.0. The highest BCUT2D eigenvalue weighted by molar-refractivity contribution is 5.34. The summed E-state index contributed by atoms with van der Waals surface area (Å²) >= 11 is 0. The molecule has 3 aromatic rings. The molecule has 0 atom stereocenters. The average Bonchev–Trinajstić information content (AvgIpc) is 2.91. The number of hydrogen-bond donors (Lipinski definition) is 1. The van der Waals surface area contributed by atoms with Gasteiger partial charge >= 0.3 is 0 Å². The average molecular weight is 489 g/mol. The molecule has 1 N–H and O–H groups in total. The van der Waals surface area contributed by atoms with Gasteiger partial charge in [0.1, 0.15) is 24.7 Å². The zero-order chi connectivity index (χ0) is 24.9. The highest BCUT2D eigenvalue weighted by atomic mass is 16.5. The highest BCUT2D eigenvalue weighted by Crippen LogP contribution is 2.31. The molecule has 0 amide bonds. The van der Waals surface area contributed by atoms with Crippen molar-refractivity contribution in [3.63, 3.8) is 0 Å². The second-order valence-corrected chi connectivity index (χ2v) is 9.80. The lowest BCUT2D eigenvalue weighted by atomic mass is 9.84. The normalized spacial score (nSPS) is 16.7. The van der Waals surface area contributed by atoms with E-state index in [-0.39, 0.29) is 0 Å². The van der Waals surface area contributed by atoms with E-state index in [4.69, 9.17) is 14.2 Å². The van der Waals surface area contributed by atoms with E-state index in [1.165, 1.54) is 5.56 Å². The summed E-state index contributed by atoms with van der Waals surface area (Å²) < 4.78 is 17.7. The predicted molar refractivity (Wildman–Crippen MR) is 145 cm³/mol. The second kappa shape index (κ2) is 14.1. The van der Waals surface area contributed by atoms with Crippen molar-refractivity contribution in [3.8, 4) is 11.5 Å². The van der Waals surface area contributed by atoms with Gasteiger partial charge in [-0.05, 0) is 73.8 Å². The molecule has 36 heavy (non-hydrogen) atoms. The van der Waals surface area contributed by atoms with Crippen molar-refractivity contribution in [1.29, 1.82) is 0 Å². The summed E-state index contributed by atoms with van der Waals surface area (Å²) in [4.78, 5) is 0. The minimum absolute atomic E-state index is 0.499. The van der Waals surface area contributed by atoms with Crippen LogP contribution in [0.4, 0.5) is 0 Å². The first-order chi connectivity index (χ1) is 17.7. The van der Waals surface area contributed by atoms with Gasteiger partial charge in [0, 0.05) is 0 Å². The van der Waals surface area contributed by atoms with Crippen molar-refractivity contribution < 1.29 is 19.3 Å². The SMILES string of the molecule is OC1(CCCCCc2ccccc2)CCc2ccccc2OCCOCCOc2ccccc2CC1. The van der Waals surface area contributed by atoms with Crippen LogP contribution in [-0.2, 0) is 24.0 Å². The molecule has 1 aliphatic heterocycles. The Kier molecular flexibility index (Phi) is 10.2. The van der Waals surface area contributed by atoms with Crippen LogP contribution in [0.25, 0.3) is 0 Å². The van der Waals surface area contributed by atoms with Crippen molar-refractivity contribution in [3.05, 3.63) is 95.6 Å². The van der Waals surface area contributed by atoms with Crippen LogP contribution in [0.5, 0.6) is 11.5 Å². The van der Waals surface area contributed by atoms with Gasteiger partial charge in [-0.1, -0.05) is 79.6 Å². The summed E-state index contributed by atoms with van der Waals surface area (Å²) in [5.74, 6) is 1.78. The Morgan fingerprint density at radius 2 is 1.17 bits per heavy atom. The fraction of sp³-hybridized carbons (Fsp3) is 0.438. The topological polar surface area (TPSA) is 47.9 Å². The summed E-state index contributed by atoms with van der Waals surface area (Å²) in [5, 5.41) is 11.8. The molecule has 0 aromatic heterocycles. The number of unbranched alkanes of at least 4 members (excludes halogenated alkanes) is 2. The van der Waals surface area contributed by atoms with E-state index in [1.807, 2.05) is 36.4 Å². The molecule has 0 radical (unpaired) electrons. The van der Waals surface area contributed by atoms with E-state index in [0.29, 0.717) is 39.3 Å². The summed E-state index contributed by atoms with van der Waals surface area (Å²) in [6.07, 6.45) is 8.20. The predicted octanol–water partition coefficient (Wildman–Crippen LogP) is 6.57. The fourth-order valence-corrected chi connectivity index (χ4v) is 4.94. The van der Waals surface area contributed by atoms with Gasteiger partial charge in [0.05, 0.1) is 18.8 Å². The second-order valence-electron chi connectivity index (χ2n) is 9.80. The molecular weight excluding hydrogens is 448 g/mol. The molecule has 0 bridgehead atoms. The highest BCUT2D eigenvalue weighted by Gasteiger charge is 2.27. The van der Waals surface area contributed by atoms with Gasteiger partial charge in [0.15, 0.2) is 0 Å². The minimum atomic E-state index is -0.729. The van der Waals surface area contributed by atoms with E-state index >= 15 is 0 Å². The van der Waals surface area contributed by atoms with Crippen molar-refractivity contribution in [1.82, 2.24) is 0 Å². The summed E-state index contributed by atoms with van der Waals surface area (Å²) in [6.45, 7) is 2.04. The van der Waals surface area contributed by atoms with Crippen LogP contribution in [-0.4, -0.2) is 37.1 Å². The van der Waals surface area contributed by atoms with E-state index in [0.717, 1.165) is 67.6 Å². The molecule has 1 aliphatic rings. The third-order valence-corrected chi connectivity index (χ3v) is 7.09. The maximum absolute atomic E-state index is 11.8. The molecule has 0 saturated carbocycles. The standard InChI is InChI=1S/C32H40O4/c33-32(20-10-2-5-13-27-11-3-1-4-12-27)21-18-28-14-6-8-16-30(28)35-25-23-34-24-26-36-31-17-9-7-15-29(31)19-22-32/h1,3-4,6-9,11-12,14-17,33H,2,5,10,13,18-26H2. The molecule has 192 valence electrons. The molecule has 4 rings (SSSR count). The molecule has 4 heteroatoms. The molecule has 0 fully saturated rings. The Morgan fingerprint density at radius 3 is 1.78 bits per heavy atom. The molecule has 3 aromatic carbocycles. The van der Waals surface area contributed by atoms with Gasteiger partial charge in [-0.3, -0.25) is 0 Å². The van der Waals surface area contributed by atoms with Crippen LogP contribution < -0.4 is 9.47 Å². The third-order valence-electron chi connectivity index (χ3n) is 7.09. The number of fused-ring (bicyclic) bond motifs is 2. The quantitative estimate of drug-likeness (QED) is 0.399. The maximum atomic E-state index is 11.8. The molecule has 0 saturated heterocycles. The number of aliphatic hydroxyl groups is 1. The molecular formula is C32H40O4. The monoisotopic (exact) mass is 488 g/mol. The minimum Gasteiger partial charge on any atom is -0.491 e. The van der Waals surface area contributed by atoms with Crippen LogP contribution >= 0.6 is 0 Å². The Morgan fingerprint density at radius 1 is 0.611 bits per heavy atom. The lowest BCUT2D eigenvalue weighted by Crippen LogP contribution is -2.30. The zero-order valence-corrected chi connectivity index (χ0v) is 21.4. The van der Waals surface area contributed by atoms with Crippen molar-refractivity contribution >= 4 is 0 Å². The van der Waals surface area contributed by atoms with Crippen molar-refractivity contribution in [2.45, 2.75) is 63.4 Å². The van der Waals surface area contributed by atoms with Gasteiger partial charge in [-0.15, -0.1) is 0 Å². The van der Waals surface area contributed by atoms with E-state index in [2.05, 4.69) is 42.5 Å². The molecule has 0 unspecified atom stereocenters. The maximum Gasteiger partial charge on any atom is 0.122 e. The van der Waals surface area contributed by atoms with Gasteiger partial charge in [-0.2, -0.15) is 0 Å². The molecule has 1 heterocycles. The van der Waals surface area contributed by atoms with Crippen LogP contribution in [0.2, 0.25) is 0 Å². The van der Waals surface area contributed by atoms with Crippen LogP contribution in [0.3, 0.4) is 0 Å². The van der Waals surface area contributed by atoms with Gasteiger partial charge < -0.3 is 19.3 Å². The fourth-order valence-electron chi connectivity index (χ4n) is 4.94. The molecule has 0 spiro atoms. The van der Waals surface area contributed by atoms with Gasteiger partial charge in [0.2, 0.25) is 0 Å². The Labute approximate surface area is 216 Å². The van der Waals surface area contributed by atoms with Gasteiger partial charge in [0.25, 0.3) is 0 Å². The lowest BCUT2D eigenvalue weighted by molar-refractivity contribution is 0.0119. The summed E-state index contributed by atoms with van der Waals surface area (Å²) in [7, 11) is 0. The lowest BCUT2D eigenvalue weighted by Gasteiger charge is -2.29. The third kappa shape index (κ3) is 8.39. The van der Waals surface area contributed by atoms with Crippen molar-refractivity contribution in [2.24, 2.45) is 0 Å². The zero-order valence-electron chi connectivity index (χ0n) is 21.4. The van der Waals surface area contributed by atoms with Crippen molar-refractivity contribution in [2.75, 3.05) is 26.4 Å². The number of para-hydroxylation sites is 2. The Balaban J connectivity index is 1.42. The molecule has 0 aliphatic carbocycles. The van der Waals surface area contributed by atoms with Crippen LogP contribution in [0.1, 0.15) is 55.2 Å². The van der Waals surface area contributed by atoms with Crippen LogP contribution in [0, 0.1) is 0 Å². The van der Waals surface area contributed by atoms with E-state index in [9.17, 15) is 5.11 Å². The summed E-state index contributed by atoms with van der Waals surface area (Å²) in [5.41, 5.74) is 2.96. The smallest absolute Gasteiger partial charge is 0.122 e. The Bertz CT molecular complexity index is 978. The van der Waals surface area contributed by atoms with Gasteiger partial charge in [-0.25, -0.2) is 0 Å².